The van der Waals surface area contributed by atoms with E-state index in [-0.39, 0.29) is 17.9 Å². The largest absolute Gasteiger partial charge is 0.395 e. The molecule has 0 bridgehead atoms. The molecule has 1 saturated carbocycles. The summed E-state index contributed by atoms with van der Waals surface area (Å²) in [6, 6.07) is 0. The molecule has 80 valence electrons. The zero-order valence-corrected chi connectivity index (χ0v) is 8.83. The van der Waals surface area contributed by atoms with Crippen LogP contribution in [0.3, 0.4) is 0 Å². The smallest absolute Gasteiger partial charge is 0.231 e. The summed E-state index contributed by atoms with van der Waals surface area (Å²) in [5, 5.41) is 9.16. The van der Waals surface area contributed by atoms with Gasteiger partial charge in [0.15, 0.2) is 0 Å². The molecule has 0 aromatic carbocycles. The van der Waals surface area contributed by atoms with Gasteiger partial charge in [-0.3, -0.25) is 4.79 Å². The Morgan fingerprint density at radius 2 is 2.00 bits per heavy atom. The van der Waals surface area contributed by atoms with Gasteiger partial charge in [-0.1, -0.05) is 6.92 Å². The Bertz CT molecular complexity index is 227. The van der Waals surface area contributed by atoms with E-state index in [1.165, 1.54) is 0 Å². The number of nitrogens with zero attached hydrogens (tertiary/aromatic N) is 1. The van der Waals surface area contributed by atoms with E-state index in [2.05, 4.69) is 6.92 Å². The molecule has 1 N–H and O–H groups in total. The number of hydrogen-bond acceptors (Lipinski definition) is 2. The van der Waals surface area contributed by atoms with Crippen LogP contribution in [0.15, 0.2) is 0 Å². The van der Waals surface area contributed by atoms with Crippen molar-refractivity contribution in [3.8, 4) is 0 Å². The molecule has 1 saturated heterocycles. The Labute approximate surface area is 85.1 Å². The van der Waals surface area contributed by atoms with E-state index in [9.17, 15) is 4.79 Å². The summed E-state index contributed by atoms with van der Waals surface area (Å²) in [6.07, 6.45) is 4.00. The third-order valence-electron chi connectivity index (χ3n) is 3.68. The molecule has 3 nitrogen and oxygen atoms in total. The zero-order valence-electron chi connectivity index (χ0n) is 8.83. The van der Waals surface area contributed by atoms with Crippen LogP contribution in [0.2, 0.25) is 0 Å². The van der Waals surface area contributed by atoms with Crippen molar-refractivity contribution < 1.29 is 9.90 Å². The third-order valence-corrected chi connectivity index (χ3v) is 3.68. The predicted molar refractivity (Wildman–Crippen MR) is 53.7 cm³/mol. The van der Waals surface area contributed by atoms with Crippen LogP contribution in [0, 0.1) is 11.3 Å². The molecule has 1 aliphatic carbocycles. The average molecular weight is 197 g/mol. The van der Waals surface area contributed by atoms with Gasteiger partial charge in [0.25, 0.3) is 0 Å². The quantitative estimate of drug-likeness (QED) is 0.718. The van der Waals surface area contributed by atoms with Gasteiger partial charge in [-0.2, -0.15) is 0 Å². The molecule has 0 aromatic heterocycles. The van der Waals surface area contributed by atoms with Gasteiger partial charge in [0.2, 0.25) is 5.91 Å². The van der Waals surface area contributed by atoms with E-state index < -0.39 is 0 Å². The van der Waals surface area contributed by atoms with Crippen molar-refractivity contribution in [2.24, 2.45) is 11.3 Å². The lowest BCUT2D eigenvalue weighted by molar-refractivity contribution is -0.139. The first kappa shape index (κ1) is 9.97. The SMILES string of the molecule is CC1CCN(C(=O)C2(CO)CC2)CC1. The van der Waals surface area contributed by atoms with E-state index in [4.69, 9.17) is 5.11 Å². The maximum atomic E-state index is 12.0. The van der Waals surface area contributed by atoms with Crippen LogP contribution in [0.4, 0.5) is 0 Å². The maximum Gasteiger partial charge on any atom is 0.231 e. The molecular formula is C11H19NO2. The molecular weight excluding hydrogens is 178 g/mol. The third kappa shape index (κ3) is 1.65. The Hall–Kier alpha value is -0.570. The number of amides is 1. The van der Waals surface area contributed by atoms with Crippen molar-refractivity contribution >= 4 is 5.91 Å². The van der Waals surface area contributed by atoms with Gasteiger partial charge in [0, 0.05) is 13.1 Å². The van der Waals surface area contributed by atoms with E-state index in [1.54, 1.807) is 0 Å². The van der Waals surface area contributed by atoms with Gasteiger partial charge in [0.05, 0.1) is 12.0 Å². The molecule has 0 unspecified atom stereocenters. The molecule has 1 amide bonds. The minimum atomic E-state index is -0.361. The molecule has 1 aliphatic heterocycles. The van der Waals surface area contributed by atoms with Crippen LogP contribution in [-0.4, -0.2) is 35.6 Å². The molecule has 2 fully saturated rings. The molecule has 3 heteroatoms. The van der Waals surface area contributed by atoms with E-state index >= 15 is 0 Å². The molecule has 2 aliphatic rings. The minimum absolute atomic E-state index is 0.0396. The van der Waals surface area contributed by atoms with Crippen molar-refractivity contribution in [1.82, 2.24) is 4.90 Å². The summed E-state index contributed by atoms with van der Waals surface area (Å²) in [5.74, 6) is 0.954. The number of likely N-dealkylation sites (tertiary alicyclic amines) is 1. The predicted octanol–water partition coefficient (Wildman–Crippen LogP) is 1.02. The van der Waals surface area contributed by atoms with Crippen LogP contribution in [0.1, 0.15) is 32.6 Å². The average Bonchev–Trinajstić information content (AvgIpc) is 2.99. The lowest BCUT2D eigenvalue weighted by Crippen LogP contribution is -2.43. The van der Waals surface area contributed by atoms with Crippen molar-refractivity contribution in [2.75, 3.05) is 19.7 Å². The van der Waals surface area contributed by atoms with Gasteiger partial charge in [0.1, 0.15) is 0 Å². The highest BCUT2D eigenvalue weighted by Gasteiger charge is 2.51. The second-order valence-corrected chi connectivity index (χ2v) is 4.91. The fourth-order valence-electron chi connectivity index (χ4n) is 2.14. The molecule has 1 heterocycles. The minimum Gasteiger partial charge on any atom is -0.395 e. The molecule has 0 atom stereocenters. The molecule has 0 spiro atoms. The first-order chi connectivity index (χ1) is 6.68. The Morgan fingerprint density at radius 3 is 2.43 bits per heavy atom. The molecule has 0 radical (unpaired) electrons. The number of hydrogen-bond donors (Lipinski definition) is 1. The van der Waals surface area contributed by atoms with Gasteiger partial charge < -0.3 is 10.0 Å². The topological polar surface area (TPSA) is 40.5 Å². The fourth-order valence-corrected chi connectivity index (χ4v) is 2.14. The van der Waals surface area contributed by atoms with Crippen LogP contribution >= 0.6 is 0 Å². The van der Waals surface area contributed by atoms with Crippen molar-refractivity contribution in [3.63, 3.8) is 0 Å². The molecule has 14 heavy (non-hydrogen) atoms. The fraction of sp³-hybridized carbons (Fsp3) is 0.909. The maximum absolute atomic E-state index is 12.0. The number of carbonyl (C=O) groups is 1. The normalized spacial score (nSPS) is 26.3. The monoisotopic (exact) mass is 197 g/mol. The van der Waals surface area contributed by atoms with Gasteiger partial charge in [-0.15, -0.1) is 0 Å². The first-order valence-electron chi connectivity index (χ1n) is 5.58. The van der Waals surface area contributed by atoms with Crippen LogP contribution in [-0.2, 0) is 4.79 Å². The highest BCUT2D eigenvalue weighted by Crippen LogP contribution is 2.47. The zero-order chi connectivity index (χ0) is 10.2. The Kier molecular flexibility index (Phi) is 2.52. The number of piperidine rings is 1. The van der Waals surface area contributed by atoms with Crippen molar-refractivity contribution in [2.45, 2.75) is 32.6 Å². The van der Waals surface area contributed by atoms with Gasteiger partial charge >= 0.3 is 0 Å². The van der Waals surface area contributed by atoms with Crippen LogP contribution in [0.25, 0.3) is 0 Å². The number of aliphatic hydroxyl groups excluding tert-OH is 1. The number of carbonyl (C=O) groups excluding carboxylic acids is 1. The highest BCUT2D eigenvalue weighted by atomic mass is 16.3. The van der Waals surface area contributed by atoms with Crippen molar-refractivity contribution in [1.29, 1.82) is 0 Å². The molecule has 0 aromatic rings. The van der Waals surface area contributed by atoms with Gasteiger partial charge in [-0.05, 0) is 31.6 Å². The summed E-state index contributed by atoms with van der Waals surface area (Å²) < 4.78 is 0. The summed E-state index contributed by atoms with van der Waals surface area (Å²) >= 11 is 0. The number of rotatable bonds is 2. The highest BCUT2D eigenvalue weighted by molar-refractivity contribution is 5.85. The first-order valence-corrected chi connectivity index (χ1v) is 5.58. The Balaban J connectivity index is 1.92. The number of aliphatic hydroxyl groups is 1. The molecule has 2 rings (SSSR count). The summed E-state index contributed by atoms with van der Waals surface area (Å²) in [4.78, 5) is 13.9. The van der Waals surface area contributed by atoms with E-state index in [0.29, 0.717) is 0 Å². The van der Waals surface area contributed by atoms with E-state index in [1.807, 2.05) is 4.90 Å². The summed E-state index contributed by atoms with van der Waals surface area (Å²) in [6.45, 7) is 4.06. The second-order valence-electron chi connectivity index (χ2n) is 4.91. The lowest BCUT2D eigenvalue weighted by atomic mass is 9.97. The van der Waals surface area contributed by atoms with E-state index in [0.717, 1.165) is 44.7 Å². The Morgan fingerprint density at radius 1 is 1.43 bits per heavy atom. The standard InChI is InChI=1S/C11H19NO2/c1-9-2-6-12(7-3-9)10(14)11(8-13)4-5-11/h9,13H,2-8H2,1H3. The van der Waals surface area contributed by atoms with Crippen LogP contribution in [0.5, 0.6) is 0 Å². The summed E-state index contributed by atoms with van der Waals surface area (Å²) in [5.41, 5.74) is -0.361. The summed E-state index contributed by atoms with van der Waals surface area (Å²) in [7, 11) is 0. The van der Waals surface area contributed by atoms with Gasteiger partial charge in [-0.25, -0.2) is 0 Å². The van der Waals surface area contributed by atoms with Crippen LogP contribution < -0.4 is 0 Å². The second kappa shape index (κ2) is 3.54. The van der Waals surface area contributed by atoms with Crippen molar-refractivity contribution in [3.05, 3.63) is 0 Å². The lowest BCUT2D eigenvalue weighted by Gasteiger charge is -2.32.